The molecule has 4 heterocycles. The maximum Gasteiger partial charge on any atom is 0.255 e. The number of likely N-dealkylation sites (tertiary alicyclic amines) is 2. The highest BCUT2D eigenvalue weighted by molar-refractivity contribution is 7.88. The van der Waals surface area contributed by atoms with Crippen LogP contribution in [0, 0.1) is 10.8 Å². The lowest BCUT2D eigenvalue weighted by Gasteiger charge is -2.46. The van der Waals surface area contributed by atoms with Gasteiger partial charge in [-0.25, -0.2) is 12.7 Å². The first-order chi connectivity index (χ1) is 13.7. The number of hydrogen-bond acceptors (Lipinski definition) is 6. The summed E-state index contributed by atoms with van der Waals surface area (Å²) in [5.74, 6) is -0.0287. The summed E-state index contributed by atoms with van der Waals surface area (Å²) in [5.41, 5.74) is -0.618. The zero-order valence-electron chi connectivity index (χ0n) is 16.9. The first-order valence-corrected chi connectivity index (χ1v) is 11.9. The van der Waals surface area contributed by atoms with E-state index < -0.39 is 20.9 Å². The van der Waals surface area contributed by atoms with Gasteiger partial charge in [-0.2, -0.15) is 10.2 Å². The van der Waals surface area contributed by atoms with Crippen molar-refractivity contribution in [3.8, 4) is 0 Å². The predicted molar refractivity (Wildman–Crippen MR) is 105 cm³/mol. The van der Waals surface area contributed by atoms with Crippen molar-refractivity contribution in [3.63, 3.8) is 0 Å². The van der Waals surface area contributed by atoms with Crippen molar-refractivity contribution in [2.45, 2.75) is 26.2 Å². The van der Waals surface area contributed by atoms with E-state index in [9.17, 15) is 18.0 Å². The average Bonchev–Trinajstić information content (AvgIpc) is 3.21. The standard InChI is InChI=1S/C19H27N5O4S/c1-3-22-11-7-19(17(22)26)14-24(29(2,27)28)13-18(19)5-9-23(10-6-18)16(25)15-4-8-20-21-12-15/h4,8,12H,3,5-7,9-11,13-14H2,1-2H3/t19-/m1/s1. The Bertz CT molecular complexity index is 914. The number of carbonyl (C=O) groups is 2. The Morgan fingerprint density at radius 1 is 1.14 bits per heavy atom. The van der Waals surface area contributed by atoms with E-state index in [1.54, 1.807) is 11.0 Å². The fourth-order valence-electron chi connectivity index (χ4n) is 5.40. The summed E-state index contributed by atoms with van der Waals surface area (Å²) in [5, 5.41) is 7.48. The molecule has 3 saturated heterocycles. The van der Waals surface area contributed by atoms with E-state index in [0.717, 1.165) is 0 Å². The average molecular weight is 422 g/mol. The number of amides is 2. The molecule has 0 N–H and O–H groups in total. The smallest absolute Gasteiger partial charge is 0.255 e. The molecule has 10 heteroatoms. The number of piperidine rings is 1. The highest BCUT2D eigenvalue weighted by atomic mass is 32.2. The molecule has 0 unspecified atom stereocenters. The quantitative estimate of drug-likeness (QED) is 0.691. The molecule has 29 heavy (non-hydrogen) atoms. The SMILES string of the molecule is CCN1CC[C@@]2(CN(S(C)(=O)=O)CC23CCN(C(=O)c2ccnnc2)CC3)C1=O. The molecule has 0 aromatic carbocycles. The molecule has 1 aromatic heterocycles. The van der Waals surface area contributed by atoms with E-state index in [4.69, 9.17) is 0 Å². The van der Waals surface area contributed by atoms with Crippen LogP contribution in [0.1, 0.15) is 36.5 Å². The van der Waals surface area contributed by atoms with Gasteiger partial charge < -0.3 is 9.80 Å². The van der Waals surface area contributed by atoms with Crippen molar-refractivity contribution in [3.05, 3.63) is 24.0 Å². The molecule has 2 spiro atoms. The number of carbonyl (C=O) groups excluding carboxylic acids is 2. The third-order valence-electron chi connectivity index (χ3n) is 7.14. The molecule has 9 nitrogen and oxygen atoms in total. The summed E-state index contributed by atoms with van der Waals surface area (Å²) in [7, 11) is -3.39. The molecule has 0 aliphatic carbocycles. The first-order valence-electron chi connectivity index (χ1n) is 10.0. The number of aromatic nitrogens is 2. The summed E-state index contributed by atoms with van der Waals surface area (Å²) < 4.78 is 26.2. The lowest BCUT2D eigenvalue weighted by molar-refractivity contribution is -0.141. The second kappa shape index (κ2) is 7.02. The molecule has 1 atom stereocenters. The zero-order chi connectivity index (χ0) is 20.9. The van der Waals surface area contributed by atoms with Gasteiger partial charge in [-0.05, 0) is 32.3 Å². The van der Waals surface area contributed by atoms with Crippen LogP contribution < -0.4 is 0 Å². The lowest BCUT2D eigenvalue weighted by Crippen LogP contribution is -2.53. The van der Waals surface area contributed by atoms with Gasteiger partial charge in [0.2, 0.25) is 15.9 Å². The van der Waals surface area contributed by atoms with E-state index >= 15 is 0 Å². The maximum atomic E-state index is 13.4. The van der Waals surface area contributed by atoms with Gasteiger partial charge in [-0.3, -0.25) is 9.59 Å². The molecule has 3 aliphatic heterocycles. The van der Waals surface area contributed by atoms with Crippen molar-refractivity contribution in [1.82, 2.24) is 24.3 Å². The van der Waals surface area contributed by atoms with Gasteiger partial charge in [0.1, 0.15) is 0 Å². The fourth-order valence-corrected chi connectivity index (χ4v) is 6.34. The van der Waals surface area contributed by atoms with Crippen LogP contribution in [0.15, 0.2) is 18.5 Å². The fraction of sp³-hybridized carbons (Fsp3) is 0.684. The first kappa shape index (κ1) is 20.2. The molecular formula is C19H27N5O4S. The normalized spacial score (nSPS) is 27.3. The van der Waals surface area contributed by atoms with Crippen molar-refractivity contribution < 1.29 is 18.0 Å². The van der Waals surface area contributed by atoms with E-state index in [-0.39, 0.29) is 18.4 Å². The lowest BCUT2D eigenvalue weighted by atomic mass is 9.60. The van der Waals surface area contributed by atoms with Crippen molar-refractivity contribution in [2.75, 3.05) is 45.5 Å². The van der Waals surface area contributed by atoms with E-state index in [1.165, 1.54) is 23.0 Å². The topological polar surface area (TPSA) is 104 Å². The van der Waals surface area contributed by atoms with Crippen LogP contribution in [0.2, 0.25) is 0 Å². The van der Waals surface area contributed by atoms with Gasteiger partial charge in [0, 0.05) is 44.7 Å². The monoisotopic (exact) mass is 421 g/mol. The number of hydrogen-bond donors (Lipinski definition) is 0. The summed E-state index contributed by atoms with van der Waals surface area (Å²) in [4.78, 5) is 29.7. The number of rotatable bonds is 3. The van der Waals surface area contributed by atoms with Crippen LogP contribution in [-0.2, 0) is 14.8 Å². The Kier molecular flexibility index (Phi) is 4.89. The zero-order valence-corrected chi connectivity index (χ0v) is 17.7. The van der Waals surface area contributed by atoms with Crippen LogP contribution in [-0.4, -0.2) is 90.1 Å². The van der Waals surface area contributed by atoms with E-state index in [1.807, 2.05) is 11.8 Å². The molecule has 2 amide bonds. The number of fused-ring (bicyclic) bond motifs is 1. The predicted octanol–water partition coefficient (Wildman–Crippen LogP) is 0.213. The largest absolute Gasteiger partial charge is 0.342 e. The van der Waals surface area contributed by atoms with Crippen molar-refractivity contribution in [2.24, 2.45) is 10.8 Å². The third kappa shape index (κ3) is 3.13. The van der Waals surface area contributed by atoms with Crippen molar-refractivity contribution >= 4 is 21.8 Å². The minimum atomic E-state index is -3.39. The summed E-state index contributed by atoms with van der Waals surface area (Å²) in [6, 6.07) is 1.64. The van der Waals surface area contributed by atoms with Gasteiger partial charge in [0.05, 0.1) is 29.6 Å². The van der Waals surface area contributed by atoms with Crippen LogP contribution in [0.4, 0.5) is 0 Å². The molecular weight excluding hydrogens is 394 g/mol. The van der Waals surface area contributed by atoms with Crippen LogP contribution >= 0.6 is 0 Å². The molecule has 1 aromatic rings. The third-order valence-corrected chi connectivity index (χ3v) is 8.33. The van der Waals surface area contributed by atoms with Gasteiger partial charge in [-0.1, -0.05) is 0 Å². The van der Waals surface area contributed by atoms with Gasteiger partial charge in [0.15, 0.2) is 0 Å². The Hall–Kier alpha value is -2.07. The molecule has 0 bridgehead atoms. The van der Waals surface area contributed by atoms with Gasteiger partial charge in [0.25, 0.3) is 5.91 Å². The van der Waals surface area contributed by atoms with Crippen LogP contribution in [0.3, 0.4) is 0 Å². The highest BCUT2D eigenvalue weighted by Gasteiger charge is 2.66. The molecule has 4 rings (SSSR count). The number of sulfonamides is 1. The Morgan fingerprint density at radius 3 is 2.41 bits per heavy atom. The van der Waals surface area contributed by atoms with Gasteiger partial charge >= 0.3 is 0 Å². The molecule has 3 aliphatic rings. The maximum absolute atomic E-state index is 13.4. The summed E-state index contributed by atoms with van der Waals surface area (Å²) in [6.45, 7) is 4.86. The Morgan fingerprint density at radius 2 is 1.86 bits per heavy atom. The second-order valence-electron chi connectivity index (χ2n) is 8.45. The Labute approximate surface area is 171 Å². The van der Waals surface area contributed by atoms with Crippen LogP contribution in [0.5, 0.6) is 0 Å². The molecule has 3 fully saturated rings. The molecule has 0 saturated carbocycles. The molecule has 0 radical (unpaired) electrons. The minimum Gasteiger partial charge on any atom is -0.342 e. The second-order valence-corrected chi connectivity index (χ2v) is 10.4. The minimum absolute atomic E-state index is 0.0734. The van der Waals surface area contributed by atoms with Gasteiger partial charge in [-0.15, -0.1) is 0 Å². The Balaban J connectivity index is 1.60. The highest BCUT2D eigenvalue weighted by Crippen LogP contribution is 2.58. The summed E-state index contributed by atoms with van der Waals surface area (Å²) >= 11 is 0. The van der Waals surface area contributed by atoms with E-state index in [2.05, 4.69) is 10.2 Å². The van der Waals surface area contributed by atoms with E-state index in [0.29, 0.717) is 57.5 Å². The number of nitrogens with zero attached hydrogens (tertiary/aromatic N) is 5. The molecule has 158 valence electrons. The summed E-state index contributed by atoms with van der Waals surface area (Å²) in [6.07, 6.45) is 6.07. The van der Waals surface area contributed by atoms with Crippen LogP contribution in [0.25, 0.3) is 0 Å². The van der Waals surface area contributed by atoms with Crippen molar-refractivity contribution in [1.29, 1.82) is 0 Å².